The highest BCUT2D eigenvalue weighted by Gasteiger charge is 2.43. The molecule has 10 heteroatoms. The number of aromatic nitrogens is 8. The topological polar surface area (TPSA) is 87.2 Å². The van der Waals surface area contributed by atoms with Gasteiger partial charge >= 0.3 is 0 Å². The predicted octanol–water partition coefficient (Wildman–Crippen LogP) is 17.0. The van der Waals surface area contributed by atoms with Gasteiger partial charge in [-0.2, -0.15) is 9.97 Å². The molecule has 0 spiro atoms. The molecule has 0 bridgehead atoms. The number of rotatable bonds is 15. The van der Waals surface area contributed by atoms with E-state index in [2.05, 4.69) is 385 Å². The molecule has 0 amide bonds. The lowest BCUT2D eigenvalue weighted by atomic mass is 10.1. The molecular formula is C96H68N8Si2. The van der Waals surface area contributed by atoms with Crippen LogP contribution in [0.4, 0.5) is 0 Å². The highest BCUT2D eigenvalue weighted by atomic mass is 28.3. The number of fused-ring (bicyclic) bond motifs is 6. The molecule has 0 aliphatic rings. The average molecular weight is 1390 g/mol. The van der Waals surface area contributed by atoms with E-state index in [1.807, 2.05) is 36.4 Å². The van der Waals surface area contributed by atoms with E-state index in [9.17, 15) is 0 Å². The summed E-state index contributed by atoms with van der Waals surface area (Å²) in [7, 11) is -5.53. The van der Waals surface area contributed by atoms with Gasteiger partial charge in [-0.3, -0.25) is 4.57 Å². The van der Waals surface area contributed by atoms with Crippen molar-refractivity contribution in [2.75, 3.05) is 0 Å². The number of para-hydroxylation sites is 4. The van der Waals surface area contributed by atoms with Crippen molar-refractivity contribution in [3.8, 4) is 68.6 Å². The van der Waals surface area contributed by atoms with E-state index >= 15 is 0 Å². The first-order valence-electron chi connectivity index (χ1n) is 35.8. The van der Waals surface area contributed by atoms with E-state index in [0.29, 0.717) is 35.1 Å². The molecule has 0 aliphatic heterocycles. The van der Waals surface area contributed by atoms with Crippen LogP contribution in [0.2, 0.25) is 0 Å². The van der Waals surface area contributed by atoms with Crippen molar-refractivity contribution in [1.29, 1.82) is 0 Å². The maximum Gasteiger partial charge on any atom is 0.238 e. The molecule has 19 aromatic rings. The quantitative estimate of drug-likeness (QED) is 0.0751. The van der Waals surface area contributed by atoms with Crippen LogP contribution in [0.1, 0.15) is 0 Å². The van der Waals surface area contributed by atoms with E-state index in [1.54, 1.807) is 0 Å². The smallest absolute Gasteiger partial charge is 0.238 e. The summed E-state index contributed by atoms with van der Waals surface area (Å²) in [6.07, 6.45) is 0. The Morgan fingerprint density at radius 1 is 0.170 bits per heavy atom. The molecule has 4 heterocycles. The maximum absolute atomic E-state index is 5.27. The largest absolute Gasteiger partial charge is 0.309 e. The van der Waals surface area contributed by atoms with Gasteiger partial charge in [0, 0.05) is 55.0 Å². The number of hydrogen-bond acceptors (Lipinski definition) is 6. The highest BCUT2D eigenvalue weighted by molar-refractivity contribution is 7.20. The second-order valence-corrected chi connectivity index (χ2v) is 34.1. The average Bonchev–Trinajstić information content (AvgIpc) is 1.18. The van der Waals surface area contributed by atoms with E-state index in [4.69, 9.17) is 29.9 Å². The number of hydrogen-bond donors (Lipinski definition) is 0. The summed E-state index contributed by atoms with van der Waals surface area (Å²) in [4.78, 5) is 31.2. The summed E-state index contributed by atoms with van der Waals surface area (Å²) in [5.41, 5.74) is 10.2. The van der Waals surface area contributed by atoms with E-state index < -0.39 is 16.1 Å². The zero-order valence-corrected chi connectivity index (χ0v) is 59.8. The van der Waals surface area contributed by atoms with Crippen LogP contribution < -0.4 is 41.5 Å². The number of nitrogens with zero attached hydrogens (tertiary/aromatic N) is 8. The first-order valence-corrected chi connectivity index (χ1v) is 39.8. The van der Waals surface area contributed by atoms with Crippen LogP contribution in [0, 0.1) is 0 Å². The van der Waals surface area contributed by atoms with Crippen molar-refractivity contribution >= 4 is 101 Å². The van der Waals surface area contributed by atoms with Crippen LogP contribution in [0.5, 0.6) is 0 Å². The van der Waals surface area contributed by atoms with Crippen molar-refractivity contribution in [1.82, 2.24) is 39.0 Å². The van der Waals surface area contributed by atoms with Crippen molar-refractivity contribution in [3.63, 3.8) is 0 Å². The SMILES string of the molecule is c1ccc(-c2nc(-c3cccc(-n4c5ccccc5c5ccccc54)c3)nc(-c3cccc([Si](c4ccccc4)(c4ccccc4)c4ccccc4)c3)n2)cc1.c1ccc(-c2nc(-c3cccc([Si](c4ccccc4)(c4ccccc4)c4ccccc4)c3)nc(-n3c4ccccc4c4ccccc43)n2)cc1. The molecule has 19 rings (SSSR count). The Hall–Kier alpha value is -13.6. The molecule has 0 N–H and O–H groups in total. The van der Waals surface area contributed by atoms with Gasteiger partial charge in [-0.25, -0.2) is 19.9 Å². The summed E-state index contributed by atoms with van der Waals surface area (Å²) < 4.78 is 4.50. The molecular weight excluding hydrogens is 1320 g/mol. The minimum Gasteiger partial charge on any atom is -0.309 e. The summed E-state index contributed by atoms with van der Waals surface area (Å²) in [6, 6.07) is 147. The first kappa shape index (κ1) is 64.5. The van der Waals surface area contributed by atoms with Gasteiger partial charge in [0.1, 0.15) is 0 Å². The van der Waals surface area contributed by atoms with Gasteiger partial charge in [0.15, 0.2) is 45.3 Å². The first-order chi connectivity index (χ1) is 52.6. The third-order valence-corrected chi connectivity index (χ3v) is 29.9. The fourth-order valence-corrected chi connectivity index (χ4v) is 25.3. The molecule has 106 heavy (non-hydrogen) atoms. The monoisotopic (exact) mass is 1390 g/mol. The molecule has 0 atom stereocenters. The second-order valence-electron chi connectivity index (χ2n) is 26.5. The molecule has 4 aromatic heterocycles. The molecule has 500 valence electrons. The predicted molar refractivity (Wildman–Crippen MR) is 443 cm³/mol. The van der Waals surface area contributed by atoms with Crippen LogP contribution in [-0.2, 0) is 0 Å². The van der Waals surface area contributed by atoms with Crippen LogP contribution >= 0.6 is 0 Å². The van der Waals surface area contributed by atoms with E-state index in [-0.39, 0.29) is 0 Å². The van der Waals surface area contributed by atoms with E-state index in [1.165, 1.54) is 52.3 Å². The van der Waals surface area contributed by atoms with Gasteiger partial charge in [0.2, 0.25) is 5.95 Å². The Balaban J connectivity index is 0.000000151. The van der Waals surface area contributed by atoms with Gasteiger partial charge in [0.25, 0.3) is 0 Å². The van der Waals surface area contributed by atoms with Crippen molar-refractivity contribution < 1.29 is 0 Å². The lowest BCUT2D eigenvalue weighted by molar-refractivity contribution is 0.953. The van der Waals surface area contributed by atoms with Gasteiger partial charge in [-0.05, 0) is 77.9 Å². The van der Waals surface area contributed by atoms with Crippen molar-refractivity contribution in [3.05, 3.63) is 413 Å². The Morgan fingerprint density at radius 2 is 0.396 bits per heavy atom. The lowest BCUT2D eigenvalue weighted by Gasteiger charge is -2.34. The molecule has 15 aromatic carbocycles. The van der Waals surface area contributed by atoms with E-state index in [0.717, 1.165) is 66.3 Å². The fourth-order valence-electron chi connectivity index (χ4n) is 15.7. The van der Waals surface area contributed by atoms with Crippen LogP contribution in [0.15, 0.2) is 413 Å². The normalized spacial score (nSPS) is 11.6. The molecule has 0 unspecified atom stereocenters. The Labute approximate surface area is 617 Å². The molecule has 0 radical (unpaired) electrons. The van der Waals surface area contributed by atoms with Crippen LogP contribution in [0.3, 0.4) is 0 Å². The van der Waals surface area contributed by atoms with Gasteiger partial charge < -0.3 is 4.57 Å². The molecule has 0 aliphatic carbocycles. The fraction of sp³-hybridized carbons (Fsp3) is 0. The van der Waals surface area contributed by atoms with Crippen LogP contribution in [0.25, 0.3) is 112 Å². The summed E-state index contributed by atoms with van der Waals surface area (Å²) in [6.45, 7) is 0. The summed E-state index contributed by atoms with van der Waals surface area (Å²) in [5.74, 6) is 3.75. The highest BCUT2D eigenvalue weighted by Crippen LogP contribution is 2.36. The lowest BCUT2D eigenvalue weighted by Crippen LogP contribution is -2.74. The number of benzene rings is 15. The van der Waals surface area contributed by atoms with Gasteiger partial charge in [0.05, 0.1) is 22.1 Å². The third kappa shape index (κ3) is 11.7. The minimum atomic E-state index is -2.78. The van der Waals surface area contributed by atoms with Gasteiger partial charge in [-0.1, -0.05) is 376 Å². The zero-order valence-electron chi connectivity index (χ0n) is 57.8. The summed E-state index contributed by atoms with van der Waals surface area (Å²) >= 11 is 0. The Morgan fingerprint density at radius 3 is 0.726 bits per heavy atom. The summed E-state index contributed by atoms with van der Waals surface area (Å²) in [5, 5.41) is 15.2. The maximum atomic E-state index is 5.27. The van der Waals surface area contributed by atoms with Gasteiger partial charge in [-0.15, -0.1) is 0 Å². The minimum absolute atomic E-state index is 0.592. The molecule has 0 saturated heterocycles. The standard InChI is InChI=1S/C51H36N4Si.C45H32N4Si/c1-5-19-37(20-6-1)49-52-50(38-21-17-23-40(35-38)55-47-33-15-13-31-45(47)46-32-14-16-34-48(46)55)54-51(53-49)39-22-18-30-44(36-39)56(41-24-7-2-8-25-41,42-26-9-3-10-27-42)43-28-11-4-12-29-43;1-5-18-33(19-6-1)43-46-44(48-45(47-43)49-41-30-15-13-28-39(41)40-29-14-16-31-42(40)49)34-20-17-27-38(32-34)50(35-21-7-2-8-22-35,36-23-9-3-10-24-36)37-25-11-4-12-26-37/h1-36H;1-32H. The van der Waals surface area contributed by atoms with Crippen molar-refractivity contribution in [2.24, 2.45) is 0 Å². The zero-order chi connectivity index (χ0) is 70.6. The van der Waals surface area contributed by atoms with Crippen LogP contribution in [-0.4, -0.2) is 55.2 Å². The molecule has 0 saturated carbocycles. The second kappa shape index (κ2) is 28.3. The molecule has 0 fully saturated rings. The molecule has 8 nitrogen and oxygen atoms in total. The van der Waals surface area contributed by atoms with Crippen molar-refractivity contribution in [2.45, 2.75) is 0 Å². The Bertz CT molecular complexity index is 6020. The Kier molecular flexibility index (Phi) is 17.2. The third-order valence-electron chi connectivity index (χ3n) is 20.4.